The van der Waals surface area contributed by atoms with Crippen molar-refractivity contribution in [2.45, 2.75) is 32.6 Å². The first kappa shape index (κ1) is 16.3. The summed E-state index contributed by atoms with van der Waals surface area (Å²) in [4.78, 5) is 0. The van der Waals surface area contributed by atoms with E-state index in [1.807, 2.05) is 6.07 Å². The van der Waals surface area contributed by atoms with Gasteiger partial charge in [0.25, 0.3) is 0 Å². The summed E-state index contributed by atoms with van der Waals surface area (Å²) in [6.45, 7) is 4.11. The number of nitrogens with zero attached hydrogens (tertiary/aromatic N) is 1. The van der Waals surface area contributed by atoms with E-state index in [1.54, 1.807) is 24.3 Å². The fraction of sp³-hybridized carbons (Fsp3) is 0.263. The smallest absolute Gasteiger partial charge is 0.126 e. The van der Waals surface area contributed by atoms with Gasteiger partial charge in [-0.15, -0.1) is 5.73 Å². The van der Waals surface area contributed by atoms with Gasteiger partial charge in [-0.2, -0.15) is 5.26 Å². The van der Waals surface area contributed by atoms with Crippen LogP contribution in [0.1, 0.15) is 37.3 Å². The van der Waals surface area contributed by atoms with Crippen molar-refractivity contribution in [1.82, 2.24) is 0 Å². The van der Waals surface area contributed by atoms with Gasteiger partial charge in [0, 0.05) is 5.57 Å². The molecule has 0 N–H and O–H groups in total. The van der Waals surface area contributed by atoms with Gasteiger partial charge >= 0.3 is 0 Å². The lowest BCUT2D eigenvalue weighted by Gasteiger charge is -2.14. The highest BCUT2D eigenvalue weighted by molar-refractivity contribution is 6.32. The summed E-state index contributed by atoms with van der Waals surface area (Å²) >= 11 is 6.21. The highest BCUT2D eigenvalue weighted by atomic mass is 35.5. The molecule has 0 amide bonds. The maximum absolute atomic E-state index is 14.1. The van der Waals surface area contributed by atoms with Crippen molar-refractivity contribution < 1.29 is 4.39 Å². The van der Waals surface area contributed by atoms with E-state index >= 15 is 0 Å². The summed E-state index contributed by atoms with van der Waals surface area (Å²) in [5.41, 5.74) is 6.10. The number of rotatable bonds is 4. The zero-order chi connectivity index (χ0) is 16.1. The summed E-state index contributed by atoms with van der Waals surface area (Å²) in [5.74, 6) is 0.0857. The Balaban J connectivity index is 2.25. The highest BCUT2D eigenvalue weighted by Gasteiger charge is 2.13. The second kappa shape index (κ2) is 7.27. The van der Waals surface area contributed by atoms with Gasteiger partial charge < -0.3 is 0 Å². The van der Waals surface area contributed by atoms with Gasteiger partial charge in [0.1, 0.15) is 5.82 Å². The average Bonchev–Trinajstić information content (AvgIpc) is 2.67. The van der Waals surface area contributed by atoms with Crippen LogP contribution in [0.25, 0.3) is 0 Å². The molecule has 112 valence electrons. The number of allylic oxidation sites excluding steroid dienone is 5. The molecular formula is C19H17ClFN. The SMILES string of the molecule is CC(C)c1cccc(F)c1CCC1=C=CC(C#N)=CC=C1Cl. The van der Waals surface area contributed by atoms with Crippen LogP contribution >= 0.6 is 11.6 Å². The molecule has 0 radical (unpaired) electrons. The number of nitriles is 1. The first-order valence-electron chi connectivity index (χ1n) is 7.23. The molecule has 1 aliphatic rings. The Kier molecular flexibility index (Phi) is 5.39. The summed E-state index contributed by atoms with van der Waals surface area (Å²) in [6, 6.07) is 7.26. The molecule has 0 aliphatic heterocycles. The van der Waals surface area contributed by atoms with Gasteiger partial charge in [0.2, 0.25) is 0 Å². The van der Waals surface area contributed by atoms with Gasteiger partial charge in [-0.1, -0.05) is 37.6 Å². The molecule has 3 heteroatoms. The summed E-state index contributed by atoms with van der Waals surface area (Å²) in [6.07, 6.45) is 6.11. The van der Waals surface area contributed by atoms with E-state index in [2.05, 4.69) is 25.6 Å². The van der Waals surface area contributed by atoms with Crippen LogP contribution in [0.4, 0.5) is 4.39 Å². The topological polar surface area (TPSA) is 23.8 Å². The molecule has 0 saturated carbocycles. The molecule has 0 atom stereocenters. The van der Waals surface area contributed by atoms with Crippen LogP contribution < -0.4 is 0 Å². The molecule has 0 heterocycles. The molecule has 0 bridgehead atoms. The Hall–Kier alpha value is -2.07. The molecule has 0 fully saturated rings. The Labute approximate surface area is 135 Å². The standard InChI is InChI=1S/C19H17ClFN/c1-13(2)16-4-3-5-19(21)17(16)10-9-15-8-6-14(12-22)7-11-18(15)20/h3-7,11,13H,9-10H2,1-2H3. The maximum Gasteiger partial charge on any atom is 0.126 e. The molecule has 2 rings (SSSR count). The molecule has 0 aromatic heterocycles. The van der Waals surface area contributed by atoms with Crippen LogP contribution in [0.2, 0.25) is 0 Å². The van der Waals surface area contributed by atoms with Gasteiger partial charge in [0.15, 0.2) is 0 Å². The third-order valence-corrected chi connectivity index (χ3v) is 3.98. The maximum atomic E-state index is 14.1. The zero-order valence-corrected chi connectivity index (χ0v) is 13.4. The van der Waals surface area contributed by atoms with Crippen molar-refractivity contribution in [2.75, 3.05) is 0 Å². The summed E-state index contributed by atoms with van der Waals surface area (Å²) in [5, 5.41) is 9.45. The van der Waals surface area contributed by atoms with Crippen molar-refractivity contribution in [3.8, 4) is 6.07 Å². The minimum atomic E-state index is -0.180. The van der Waals surface area contributed by atoms with Crippen molar-refractivity contribution in [2.24, 2.45) is 0 Å². The summed E-state index contributed by atoms with van der Waals surface area (Å²) in [7, 11) is 0. The van der Waals surface area contributed by atoms with Gasteiger partial charge in [-0.25, -0.2) is 4.39 Å². The largest absolute Gasteiger partial charge is 0.207 e. The van der Waals surface area contributed by atoms with Crippen LogP contribution in [0.15, 0.2) is 58.3 Å². The zero-order valence-electron chi connectivity index (χ0n) is 12.7. The van der Waals surface area contributed by atoms with Crippen LogP contribution in [-0.2, 0) is 6.42 Å². The Morgan fingerprint density at radius 1 is 1.27 bits per heavy atom. The van der Waals surface area contributed by atoms with Crippen molar-refractivity contribution in [3.63, 3.8) is 0 Å². The predicted molar refractivity (Wildman–Crippen MR) is 88.0 cm³/mol. The normalized spacial score (nSPS) is 14.1. The first-order valence-corrected chi connectivity index (χ1v) is 7.61. The number of benzene rings is 1. The fourth-order valence-electron chi connectivity index (χ4n) is 2.44. The van der Waals surface area contributed by atoms with E-state index in [0.717, 1.165) is 16.7 Å². The lowest BCUT2D eigenvalue weighted by Crippen LogP contribution is -2.01. The lowest BCUT2D eigenvalue weighted by atomic mass is 9.93. The van der Waals surface area contributed by atoms with E-state index in [9.17, 15) is 4.39 Å². The lowest BCUT2D eigenvalue weighted by molar-refractivity contribution is 0.601. The highest BCUT2D eigenvalue weighted by Crippen LogP contribution is 2.27. The molecule has 22 heavy (non-hydrogen) atoms. The van der Waals surface area contributed by atoms with Crippen molar-refractivity contribution in [1.29, 1.82) is 5.26 Å². The van der Waals surface area contributed by atoms with Gasteiger partial charge in [0.05, 0.1) is 16.7 Å². The van der Waals surface area contributed by atoms with Crippen LogP contribution in [-0.4, -0.2) is 0 Å². The van der Waals surface area contributed by atoms with E-state index in [0.29, 0.717) is 23.4 Å². The second-order valence-corrected chi connectivity index (χ2v) is 5.89. The molecule has 1 aromatic rings. The van der Waals surface area contributed by atoms with Gasteiger partial charge in [-0.3, -0.25) is 0 Å². The number of hydrogen-bond donors (Lipinski definition) is 0. The molecular weight excluding hydrogens is 297 g/mol. The van der Waals surface area contributed by atoms with Crippen LogP contribution in [0, 0.1) is 17.1 Å². The Bertz CT molecular complexity index is 741. The molecule has 1 aliphatic carbocycles. The number of hydrogen-bond acceptors (Lipinski definition) is 1. The molecule has 0 spiro atoms. The Morgan fingerprint density at radius 2 is 2.05 bits per heavy atom. The molecule has 0 unspecified atom stereocenters. The van der Waals surface area contributed by atoms with E-state index < -0.39 is 0 Å². The van der Waals surface area contributed by atoms with E-state index in [-0.39, 0.29) is 11.7 Å². The third kappa shape index (κ3) is 3.77. The second-order valence-electron chi connectivity index (χ2n) is 5.48. The van der Waals surface area contributed by atoms with Gasteiger partial charge in [-0.05, 0) is 54.2 Å². The number of halogens is 2. The van der Waals surface area contributed by atoms with Crippen molar-refractivity contribution in [3.05, 3.63) is 75.3 Å². The minimum Gasteiger partial charge on any atom is -0.207 e. The predicted octanol–water partition coefficient (Wildman–Crippen LogP) is 5.55. The average molecular weight is 314 g/mol. The monoisotopic (exact) mass is 313 g/mol. The minimum absolute atomic E-state index is 0.180. The van der Waals surface area contributed by atoms with E-state index in [1.165, 1.54) is 6.07 Å². The third-order valence-electron chi connectivity index (χ3n) is 3.63. The van der Waals surface area contributed by atoms with Crippen LogP contribution in [0.3, 0.4) is 0 Å². The fourth-order valence-corrected chi connectivity index (χ4v) is 2.65. The quantitative estimate of drug-likeness (QED) is 0.669. The van der Waals surface area contributed by atoms with Crippen LogP contribution in [0.5, 0.6) is 0 Å². The summed E-state index contributed by atoms with van der Waals surface area (Å²) < 4.78 is 14.1. The molecule has 1 nitrogen and oxygen atoms in total. The molecule has 1 aromatic carbocycles. The Morgan fingerprint density at radius 3 is 2.73 bits per heavy atom. The van der Waals surface area contributed by atoms with Crippen molar-refractivity contribution >= 4 is 11.6 Å². The molecule has 0 saturated heterocycles. The first-order chi connectivity index (χ1) is 10.5. The van der Waals surface area contributed by atoms with E-state index in [4.69, 9.17) is 16.9 Å².